The fraction of sp³-hybridized carbons (Fsp3) is 0.111. The predicted molar refractivity (Wildman–Crippen MR) is 102 cm³/mol. The molecule has 0 radical (unpaired) electrons. The van der Waals surface area contributed by atoms with Gasteiger partial charge in [0.05, 0.1) is 24.8 Å². The first-order valence-electron chi connectivity index (χ1n) is 7.28. The van der Waals surface area contributed by atoms with Crippen LogP contribution in [0.4, 0.5) is 10.1 Å². The highest BCUT2D eigenvalue weighted by molar-refractivity contribution is 8.27. The molecule has 1 saturated heterocycles. The Morgan fingerprint density at radius 2 is 1.68 bits per heavy atom. The van der Waals surface area contributed by atoms with Crippen molar-refractivity contribution in [3.05, 3.63) is 58.8 Å². The molecule has 2 aromatic rings. The first kappa shape index (κ1) is 17.4. The Morgan fingerprint density at radius 3 is 2.24 bits per heavy atom. The Morgan fingerprint density at radius 1 is 1.08 bits per heavy atom. The molecule has 3 rings (SSSR count). The minimum absolute atomic E-state index is 0.247. The van der Waals surface area contributed by atoms with Gasteiger partial charge in [0.1, 0.15) is 17.3 Å². The summed E-state index contributed by atoms with van der Waals surface area (Å²) in [6.45, 7) is 0. The van der Waals surface area contributed by atoms with Crippen LogP contribution < -0.4 is 14.4 Å². The molecule has 1 heterocycles. The zero-order valence-electron chi connectivity index (χ0n) is 13.5. The van der Waals surface area contributed by atoms with E-state index < -0.39 is 0 Å². The molecule has 0 aromatic heterocycles. The smallest absolute Gasteiger partial charge is 0.270 e. The van der Waals surface area contributed by atoms with Crippen molar-refractivity contribution in [1.29, 1.82) is 0 Å². The number of benzene rings is 2. The van der Waals surface area contributed by atoms with Crippen molar-refractivity contribution in [2.45, 2.75) is 0 Å². The second-order valence-electron chi connectivity index (χ2n) is 5.14. The summed E-state index contributed by atoms with van der Waals surface area (Å²) in [6, 6.07) is 11.0. The maximum absolute atomic E-state index is 13.1. The lowest BCUT2D eigenvalue weighted by Crippen LogP contribution is -2.27. The van der Waals surface area contributed by atoms with Gasteiger partial charge in [-0.05, 0) is 48.0 Å². The number of rotatable bonds is 4. The highest BCUT2D eigenvalue weighted by Gasteiger charge is 2.33. The van der Waals surface area contributed by atoms with Gasteiger partial charge in [-0.3, -0.25) is 9.69 Å². The summed E-state index contributed by atoms with van der Waals surface area (Å²) >= 11 is 6.50. The number of methoxy groups -OCH3 is 2. The monoisotopic (exact) mass is 375 g/mol. The van der Waals surface area contributed by atoms with Crippen molar-refractivity contribution < 1.29 is 18.7 Å². The topological polar surface area (TPSA) is 38.8 Å². The lowest BCUT2D eigenvalue weighted by atomic mass is 10.1. The quantitative estimate of drug-likeness (QED) is 0.590. The molecule has 2 aromatic carbocycles. The van der Waals surface area contributed by atoms with E-state index >= 15 is 0 Å². The number of carbonyl (C=O) groups excluding carboxylic acids is 1. The molecule has 7 heteroatoms. The first-order chi connectivity index (χ1) is 12.0. The van der Waals surface area contributed by atoms with Gasteiger partial charge in [0.2, 0.25) is 0 Å². The minimum atomic E-state index is -0.367. The molecule has 0 N–H and O–H groups in total. The van der Waals surface area contributed by atoms with Gasteiger partial charge >= 0.3 is 0 Å². The van der Waals surface area contributed by atoms with Crippen LogP contribution in [0.25, 0.3) is 6.08 Å². The molecule has 0 atom stereocenters. The molecule has 0 bridgehead atoms. The maximum atomic E-state index is 13.1. The van der Waals surface area contributed by atoms with Crippen LogP contribution in [0.2, 0.25) is 0 Å². The molecule has 0 aliphatic carbocycles. The summed E-state index contributed by atoms with van der Waals surface area (Å²) in [5, 5.41) is 0. The summed E-state index contributed by atoms with van der Waals surface area (Å²) in [4.78, 5) is 14.6. The fourth-order valence-corrected chi connectivity index (χ4v) is 3.64. The third-order valence-corrected chi connectivity index (χ3v) is 4.85. The summed E-state index contributed by atoms with van der Waals surface area (Å²) < 4.78 is 24.0. The molecule has 1 aliphatic heterocycles. The summed E-state index contributed by atoms with van der Waals surface area (Å²) in [5.74, 6) is 0.635. The molecule has 1 fully saturated rings. The Hall–Kier alpha value is -2.38. The predicted octanol–water partition coefficient (Wildman–Crippen LogP) is 4.25. The number of anilines is 1. The number of thiocarbonyl (C=S) groups is 1. The van der Waals surface area contributed by atoms with Gasteiger partial charge in [0.25, 0.3) is 5.91 Å². The third kappa shape index (κ3) is 3.67. The molecule has 0 unspecified atom stereocenters. The highest BCUT2D eigenvalue weighted by atomic mass is 32.2. The van der Waals surface area contributed by atoms with E-state index in [0.717, 1.165) is 5.56 Å². The number of hydrogen-bond acceptors (Lipinski definition) is 5. The van der Waals surface area contributed by atoms with E-state index in [-0.39, 0.29) is 11.7 Å². The van der Waals surface area contributed by atoms with Crippen LogP contribution in [0.1, 0.15) is 5.56 Å². The van der Waals surface area contributed by atoms with Crippen LogP contribution >= 0.6 is 24.0 Å². The molecular formula is C18H14FNO3S2. The van der Waals surface area contributed by atoms with E-state index in [0.29, 0.717) is 26.4 Å². The maximum Gasteiger partial charge on any atom is 0.270 e. The number of carbonyl (C=O) groups is 1. The lowest BCUT2D eigenvalue weighted by Gasteiger charge is -2.14. The van der Waals surface area contributed by atoms with Crippen molar-refractivity contribution in [1.82, 2.24) is 0 Å². The number of hydrogen-bond donors (Lipinski definition) is 0. The molecule has 128 valence electrons. The van der Waals surface area contributed by atoms with Gasteiger partial charge in [-0.1, -0.05) is 24.0 Å². The Balaban J connectivity index is 1.94. The Kier molecular flexibility index (Phi) is 5.06. The van der Waals surface area contributed by atoms with E-state index in [9.17, 15) is 9.18 Å². The Labute approximate surface area is 154 Å². The van der Waals surface area contributed by atoms with Crippen molar-refractivity contribution in [3.63, 3.8) is 0 Å². The SMILES string of the molecule is COc1cc(/C=C2\SC(=S)N(c3ccc(F)cc3)C2=O)cc(OC)c1. The molecule has 0 saturated carbocycles. The average molecular weight is 375 g/mol. The van der Waals surface area contributed by atoms with E-state index in [1.807, 2.05) is 0 Å². The number of halogens is 1. The van der Waals surface area contributed by atoms with E-state index in [1.54, 1.807) is 38.5 Å². The van der Waals surface area contributed by atoms with Crippen molar-refractivity contribution in [2.75, 3.05) is 19.1 Å². The summed E-state index contributed by atoms with van der Waals surface area (Å²) in [7, 11) is 3.12. The van der Waals surface area contributed by atoms with Gasteiger partial charge < -0.3 is 9.47 Å². The minimum Gasteiger partial charge on any atom is -0.497 e. The second kappa shape index (κ2) is 7.25. The van der Waals surface area contributed by atoms with Gasteiger partial charge in [0.15, 0.2) is 4.32 Å². The lowest BCUT2D eigenvalue weighted by molar-refractivity contribution is -0.113. The van der Waals surface area contributed by atoms with Crippen LogP contribution in [0.3, 0.4) is 0 Å². The molecule has 4 nitrogen and oxygen atoms in total. The van der Waals surface area contributed by atoms with E-state index in [4.69, 9.17) is 21.7 Å². The number of nitrogens with zero attached hydrogens (tertiary/aromatic N) is 1. The van der Waals surface area contributed by atoms with Gasteiger partial charge in [0, 0.05) is 6.07 Å². The molecule has 25 heavy (non-hydrogen) atoms. The van der Waals surface area contributed by atoms with Crippen molar-refractivity contribution in [3.8, 4) is 11.5 Å². The normalized spacial score (nSPS) is 15.8. The van der Waals surface area contributed by atoms with Gasteiger partial charge in [-0.2, -0.15) is 0 Å². The summed E-state index contributed by atoms with van der Waals surface area (Å²) in [5.41, 5.74) is 1.30. The summed E-state index contributed by atoms with van der Waals surface area (Å²) in [6.07, 6.45) is 1.73. The van der Waals surface area contributed by atoms with Gasteiger partial charge in [-0.25, -0.2) is 4.39 Å². The zero-order valence-corrected chi connectivity index (χ0v) is 15.1. The van der Waals surface area contributed by atoms with Crippen LogP contribution in [-0.4, -0.2) is 24.4 Å². The standard InChI is InChI=1S/C18H14FNO3S2/c1-22-14-7-11(8-15(10-14)23-2)9-16-17(21)20(18(24)25-16)13-5-3-12(19)4-6-13/h3-10H,1-2H3/b16-9-. The largest absolute Gasteiger partial charge is 0.497 e. The fourth-order valence-electron chi connectivity index (χ4n) is 2.34. The molecule has 1 aliphatic rings. The molecule has 0 spiro atoms. The van der Waals surface area contributed by atoms with Crippen molar-refractivity contribution >= 4 is 46.0 Å². The van der Waals surface area contributed by atoms with Crippen LogP contribution in [0.15, 0.2) is 47.4 Å². The third-order valence-electron chi connectivity index (χ3n) is 3.55. The number of amides is 1. The Bertz CT molecular complexity index is 843. The molecule has 1 amide bonds. The first-order valence-corrected chi connectivity index (χ1v) is 8.51. The highest BCUT2D eigenvalue weighted by Crippen LogP contribution is 2.36. The molecular weight excluding hydrogens is 361 g/mol. The van der Waals surface area contributed by atoms with Gasteiger partial charge in [-0.15, -0.1) is 0 Å². The van der Waals surface area contributed by atoms with Crippen LogP contribution in [-0.2, 0) is 4.79 Å². The van der Waals surface area contributed by atoms with E-state index in [1.165, 1.54) is 40.9 Å². The van der Waals surface area contributed by atoms with E-state index in [2.05, 4.69) is 0 Å². The van der Waals surface area contributed by atoms with Crippen LogP contribution in [0, 0.1) is 5.82 Å². The van der Waals surface area contributed by atoms with Crippen molar-refractivity contribution in [2.24, 2.45) is 0 Å². The average Bonchev–Trinajstić information content (AvgIpc) is 2.89. The van der Waals surface area contributed by atoms with Crippen LogP contribution in [0.5, 0.6) is 11.5 Å². The second-order valence-corrected chi connectivity index (χ2v) is 6.82. The number of ether oxygens (including phenoxy) is 2. The zero-order chi connectivity index (χ0) is 18.0. The number of thioether (sulfide) groups is 1.